The molecule has 0 saturated heterocycles. The molecule has 0 aromatic heterocycles. The maximum absolute atomic E-state index is 12.2. The fourth-order valence-electron chi connectivity index (χ4n) is 2.81. The number of phenols is 1. The minimum absolute atomic E-state index is 0.0383. The van der Waals surface area contributed by atoms with Crippen LogP contribution in [0.3, 0.4) is 0 Å². The Balaban J connectivity index is 2.16. The predicted octanol–water partition coefficient (Wildman–Crippen LogP) is 4.33. The molecule has 0 radical (unpaired) electrons. The fourth-order valence-corrected chi connectivity index (χ4v) is 4.25. The lowest BCUT2D eigenvalue weighted by molar-refractivity contribution is -0.142. The summed E-state index contributed by atoms with van der Waals surface area (Å²) in [6.45, 7) is 3.61. The van der Waals surface area contributed by atoms with Gasteiger partial charge in [0.15, 0.2) is 5.75 Å². The highest BCUT2D eigenvalue weighted by Gasteiger charge is 2.20. The third-order valence-electron chi connectivity index (χ3n) is 4.31. The zero-order valence-electron chi connectivity index (χ0n) is 16.5. The first kappa shape index (κ1) is 24.2. The van der Waals surface area contributed by atoms with Crippen molar-refractivity contribution < 1.29 is 29.6 Å². The maximum Gasteiger partial charge on any atom is 0.326 e. The molecule has 1 amide bonds. The summed E-state index contributed by atoms with van der Waals surface area (Å²) in [4.78, 5) is 23.3. The van der Waals surface area contributed by atoms with Crippen molar-refractivity contribution in [1.29, 1.82) is 0 Å². The van der Waals surface area contributed by atoms with E-state index in [1.807, 2.05) is 13.8 Å². The predicted molar refractivity (Wildman–Crippen MR) is 119 cm³/mol. The van der Waals surface area contributed by atoms with Crippen molar-refractivity contribution in [3.63, 3.8) is 0 Å². The number of benzene rings is 2. The number of phenolic OH excluding ortho intramolecular Hbond substituents is 1. The van der Waals surface area contributed by atoms with Crippen LogP contribution in [0.1, 0.15) is 37.3 Å². The van der Waals surface area contributed by atoms with Crippen LogP contribution in [0.25, 0.3) is 0 Å². The topological polar surface area (TPSA) is 116 Å². The number of hydrogen-bond acceptors (Lipinski definition) is 5. The summed E-state index contributed by atoms with van der Waals surface area (Å²) in [5.74, 6) is -0.277. The summed E-state index contributed by atoms with van der Waals surface area (Å²) in [6, 6.07) is 7.30. The average Bonchev–Trinajstić information content (AvgIpc) is 2.65. The number of rotatable bonds is 9. The van der Waals surface area contributed by atoms with Crippen LogP contribution in [0, 0.1) is 0 Å². The zero-order valence-corrected chi connectivity index (χ0v) is 19.7. The van der Waals surface area contributed by atoms with Gasteiger partial charge in [0.2, 0.25) is 5.91 Å². The number of aliphatic carboxylic acids is 1. The molecular weight excluding hydrogens is 522 g/mol. The summed E-state index contributed by atoms with van der Waals surface area (Å²) < 4.78 is 7.16. The number of nitrogens with one attached hydrogen (secondary N) is 1. The van der Waals surface area contributed by atoms with E-state index in [1.165, 1.54) is 0 Å². The highest BCUT2D eigenvalue weighted by Crippen LogP contribution is 2.39. The van der Waals surface area contributed by atoms with Gasteiger partial charge in [-0.05, 0) is 73.7 Å². The van der Waals surface area contributed by atoms with Crippen molar-refractivity contribution in [3.8, 4) is 17.2 Å². The van der Waals surface area contributed by atoms with E-state index < -0.39 is 17.9 Å². The van der Waals surface area contributed by atoms with Crippen LogP contribution in [0.4, 0.5) is 0 Å². The molecule has 4 N–H and O–H groups in total. The van der Waals surface area contributed by atoms with Gasteiger partial charge in [-0.1, -0.05) is 13.8 Å². The molecule has 2 aromatic carbocycles. The van der Waals surface area contributed by atoms with E-state index in [2.05, 4.69) is 37.2 Å². The smallest absolute Gasteiger partial charge is 0.326 e. The Bertz CT molecular complexity index is 909. The Morgan fingerprint density at radius 3 is 2.30 bits per heavy atom. The maximum atomic E-state index is 12.2. The Morgan fingerprint density at radius 1 is 1.13 bits per heavy atom. The van der Waals surface area contributed by atoms with E-state index in [9.17, 15) is 14.7 Å². The number of carbonyl (C=O) groups is 2. The fraction of sp³-hybridized carbons (Fsp3) is 0.333. The van der Waals surface area contributed by atoms with Crippen LogP contribution in [0.5, 0.6) is 17.2 Å². The van der Waals surface area contributed by atoms with E-state index in [4.69, 9.17) is 14.9 Å². The van der Waals surface area contributed by atoms with Gasteiger partial charge < -0.3 is 25.4 Å². The van der Waals surface area contributed by atoms with Crippen molar-refractivity contribution in [3.05, 3.63) is 50.4 Å². The highest BCUT2D eigenvalue weighted by molar-refractivity contribution is 9.11. The Morgan fingerprint density at radius 2 is 1.77 bits per heavy atom. The monoisotopic (exact) mass is 543 g/mol. The van der Waals surface area contributed by atoms with Crippen LogP contribution in [0.15, 0.2) is 39.3 Å². The molecule has 2 aromatic rings. The number of aromatic hydroxyl groups is 1. The van der Waals surface area contributed by atoms with Gasteiger partial charge >= 0.3 is 5.97 Å². The van der Waals surface area contributed by atoms with Gasteiger partial charge in [0.25, 0.3) is 0 Å². The number of hydrogen-bond donors (Lipinski definition) is 4. The number of ether oxygens (including phenoxy) is 1. The van der Waals surface area contributed by atoms with Gasteiger partial charge in [0.05, 0.1) is 15.4 Å². The van der Waals surface area contributed by atoms with Gasteiger partial charge in [-0.2, -0.15) is 0 Å². The number of aliphatic hydroxyl groups excluding tert-OH is 1. The molecule has 7 nitrogen and oxygen atoms in total. The number of carbonyl (C=O) groups excluding carboxylic acids is 1. The molecule has 0 aliphatic heterocycles. The van der Waals surface area contributed by atoms with Crippen LogP contribution in [0.2, 0.25) is 0 Å². The lowest BCUT2D eigenvalue weighted by Crippen LogP contribution is -2.42. The molecule has 0 aliphatic carbocycles. The molecule has 0 unspecified atom stereocenters. The van der Waals surface area contributed by atoms with Crippen molar-refractivity contribution in [2.75, 3.05) is 6.61 Å². The quantitative estimate of drug-likeness (QED) is 0.373. The van der Waals surface area contributed by atoms with Gasteiger partial charge in [-0.25, -0.2) is 4.79 Å². The number of carboxylic acids is 1. The summed E-state index contributed by atoms with van der Waals surface area (Å²) >= 11 is 6.89. The first-order valence-corrected chi connectivity index (χ1v) is 10.8. The third kappa shape index (κ3) is 6.45. The van der Waals surface area contributed by atoms with E-state index in [1.54, 1.807) is 30.3 Å². The van der Waals surface area contributed by atoms with Gasteiger partial charge in [0, 0.05) is 18.6 Å². The number of halogens is 2. The van der Waals surface area contributed by atoms with Crippen molar-refractivity contribution >= 4 is 43.7 Å². The lowest BCUT2D eigenvalue weighted by atomic mass is 10.0. The number of carboxylic acid groups (broad SMARTS) is 1. The van der Waals surface area contributed by atoms with Gasteiger partial charge in [-0.3, -0.25) is 4.79 Å². The minimum atomic E-state index is -1.20. The SMILES string of the molecule is CC(C)c1cc(Oc2c(Br)cc(CC(=O)N[C@@H](CCO)C(=O)O)cc2Br)ccc1O. The lowest BCUT2D eigenvalue weighted by Gasteiger charge is -2.15. The number of amides is 1. The summed E-state index contributed by atoms with van der Waals surface area (Å²) in [6.07, 6.45) is -0.102. The summed E-state index contributed by atoms with van der Waals surface area (Å²) in [5.41, 5.74) is 1.41. The molecule has 0 spiro atoms. The standard InChI is InChI=1S/C21H23Br2NO6/c1-11(2)14-10-13(3-4-18(14)26)30-20-15(22)7-12(8-16(20)23)9-19(27)24-17(5-6-25)21(28)29/h3-4,7-8,10-11,17,25-26H,5-6,9H2,1-2H3,(H,24,27)(H,28,29)/t17-/m0/s1. The van der Waals surface area contributed by atoms with Gasteiger partial charge in [0.1, 0.15) is 17.5 Å². The molecule has 30 heavy (non-hydrogen) atoms. The molecule has 162 valence electrons. The minimum Gasteiger partial charge on any atom is -0.508 e. The van der Waals surface area contributed by atoms with E-state index in [0.29, 0.717) is 26.0 Å². The first-order chi connectivity index (χ1) is 14.1. The average molecular weight is 545 g/mol. The second-order valence-corrected chi connectivity index (χ2v) is 8.72. The normalized spacial score (nSPS) is 11.9. The molecule has 0 fully saturated rings. The molecule has 1 atom stereocenters. The van der Waals surface area contributed by atoms with Crippen molar-refractivity contribution in [2.24, 2.45) is 0 Å². The Labute approximate surface area is 191 Å². The highest BCUT2D eigenvalue weighted by atomic mass is 79.9. The van der Waals surface area contributed by atoms with E-state index in [0.717, 1.165) is 5.56 Å². The van der Waals surface area contributed by atoms with Crippen molar-refractivity contribution in [2.45, 2.75) is 38.6 Å². The number of aliphatic hydroxyl groups is 1. The molecule has 0 heterocycles. The zero-order chi connectivity index (χ0) is 22.4. The Hall–Kier alpha value is -2.10. The second kappa shape index (κ2) is 10.8. The molecule has 0 aliphatic rings. The molecule has 9 heteroatoms. The van der Waals surface area contributed by atoms with E-state index >= 15 is 0 Å². The van der Waals surface area contributed by atoms with Crippen LogP contribution in [-0.4, -0.2) is 39.8 Å². The van der Waals surface area contributed by atoms with E-state index in [-0.39, 0.29) is 31.1 Å². The molecule has 2 rings (SSSR count). The summed E-state index contributed by atoms with van der Waals surface area (Å²) in [5, 5.41) is 30.4. The first-order valence-electron chi connectivity index (χ1n) is 9.24. The van der Waals surface area contributed by atoms with Gasteiger partial charge in [-0.15, -0.1) is 0 Å². The van der Waals surface area contributed by atoms with Crippen molar-refractivity contribution in [1.82, 2.24) is 5.32 Å². The Kier molecular flexibility index (Phi) is 8.69. The third-order valence-corrected chi connectivity index (χ3v) is 5.49. The van der Waals surface area contributed by atoms with Crippen LogP contribution >= 0.6 is 31.9 Å². The molecule has 0 saturated carbocycles. The summed E-state index contributed by atoms with van der Waals surface area (Å²) in [7, 11) is 0. The molecule has 0 bridgehead atoms. The van der Waals surface area contributed by atoms with Crippen LogP contribution in [-0.2, 0) is 16.0 Å². The largest absolute Gasteiger partial charge is 0.508 e. The molecular formula is C21H23Br2NO6. The van der Waals surface area contributed by atoms with Crippen LogP contribution < -0.4 is 10.1 Å². The second-order valence-electron chi connectivity index (χ2n) is 7.01.